The van der Waals surface area contributed by atoms with E-state index in [0.717, 1.165) is 10.8 Å². The van der Waals surface area contributed by atoms with Crippen LogP contribution in [0.25, 0.3) is 10.8 Å². The standard InChI is InChI=1S/C15H10BrFN2O/c16-9-1-3-15(12(17)7-9)20-14-4-2-13(18)10-5-6-19-8-11(10)14/h1-8H,18H2. The molecule has 3 aromatic rings. The van der Waals surface area contributed by atoms with Gasteiger partial charge in [0.1, 0.15) is 5.75 Å². The summed E-state index contributed by atoms with van der Waals surface area (Å²) in [6.07, 6.45) is 3.31. The summed E-state index contributed by atoms with van der Waals surface area (Å²) in [4.78, 5) is 4.06. The van der Waals surface area contributed by atoms with E-state index < -0.39 is 5.82 Å². The van der Waals surface area contributed by atoms with Gasteiger partial charge in [-0.3, -0.25) is 4.98 Å². The van der Waals surface area contributed by atoms with Crippen LogP contribution in [0.2, 0.25) is 0 Å². The Morgan fingerprint density at radius 3 is 2.65 bits per heavy atom. The predicted molar refractivity (Wildman–Crippen MR) is 80.3 cm³/mol. The van der Waals surface area contributed by atoms with Crippen molar-refractivity contribution >= 4 is 32.4 Å². The number of fused-ring (bicyclic) bond motifs is 1. The summed E-state index contributed by atoms with van der Waals surface area (Å²) in [5, 5.41) is 1.57. The summed E-state index contributed by atoms with van der Waals surface area (Å²) < 4.78 is 20.1. The maximum Gasteiger partial charge on any atom is 0.166 e. The molecule has 0 saturated carbocycles. The first-order valence-electron chi connectivity index (χ1n) is 5.90. The lowest BCUT2D eigenvalue weighted by Crippen LogP contribution is -1.93. The molecule has 1 aromatic heterocycles. The second kappa shape index (κ2) is 5.09. The molecule has 0 radical (unpaired) electrons. The van der Waals surface area contributed by atoms with Gasteiger partial charge >= 0.3 is 0 Å². The smallest absolute Gasteiger partial charge is 0.166 e. The average molecular weight is 333 g/mol. The minimum Gasteiger partial charge on any atom is -0.454 e. The van der Waals surface area contributed by atoms with Gasteiger partial charge in [0.2, 0.25) is 0 Å². The molecule has 0 aliphatic rings. The minimum absolute atomic E-state index is 0.156. The van der Waals surface area contributed by atoms with Crippen LogP contribution in [0, 0.1) is 5.82 Å². The van der Waals surface area contributed by atoms with Gasteiger partial charge in [-0.2, -0.15) is 0 Å². The number of ether oxygens (including phenoxy) is 1. The Morgan fingerprint density at radius 2 is 1.85 bits per heavy atom. The molecule has 0 amide bonds. The number of aromatic nitrogens is 1. The second-order valence-corrected chi connectivity index (χ2v) is 5.17. The third kappa shape index (κ3) is 2.32. The van der Waals surface area contributed by atoms with E-state index in [9.17, 15) is 4.39 Å². The second-order valence-electron chi connectivity index (χ2n) is 4.25. The van der Waals surface area contributed by atoms with E-state index in [-0.39, 0.29) is 5.75 Å². The molecule has 0 unspecified atom stereocenters. The Bertz CT molecular complexity index is 792. The first-order valence-corrected chi connectivity index (χ1v) is 6.69. The number of rotatable bonds is 2. The largest absolute Gasteiger partial charge is 0.454 e. The van der Waals surface area contributed by atoms with Gasteiger partial charge in [-0.25, -0.2) is 4.39 Å². The number of hydrogen-bond donors (Lipinski definition) is 1. The molecule has 0 aliphatic heterocycles. The Balaban J connectivity index is 2.09. The number of nitrogens with zero attached hydrogens (tertiary/aromatic N) is 1. The van der Waals surface area contributed by atoms with Gasteiger partial charge in [0.15, 0.2) is 11.6 Å². The molecular formula is C15H10BrFN2O. The van der Waals surface area contributed by atoms with Gasteiger partial charge in [0.05, 0.1) is 0 Å². The number of pyridine rings is 1. The highest BCUT2D eigenvalue weighted by molar-refractivity contribution is 9.10. The Hall–Kier alpha value is -2.14. The Morgan fingerprint density at radius 1 is 1.05 bits per heavy atom. The third-order valence-corrected chi connectivity index (χ3v) is 3.42. The molecule has 3 nitrogen and oxygen atoms in total. The van der Waals surface area contributed by atoms with Crippen LogP contribution in [0.15, 0.2) is 53.3 Å². The van der Waals surface area contributed by atoms with Gasteiger partial charge in [0, 0.05) is 33.3 Å². The molecule has 2 aromatic carbocycles. The summed E-state index contributed by atoms with van der Waals surface area (Å²) in [5.41, 5.74) is 6.54. The summed E-state index contributed by atoms with van der Waals surface area (Å²) in [5.74, 6) is 0.236. The van der Waals surface area contributed by atoms with Crippen molar-refractivity contribution in [2.45, 2.75) is 0 Å². The fraction of sp³-hybridized carbons (Fsp3) is 0. The van der Waals surface area contributed by atoms with Gasteiger partial charge in [-0.1, -0.05) is 15.9 Å². The van der Waals surface area contributed by atoms with Crippen molar-refractivity contribution in [3.05, 3.63) is 59.1 Å². The predicted octanol–water partition coefficient (Wildman–Crippen LogP) is 4.51. The maximum atomic E-state index is 13.8. The van der Waals surface area contributed by atoms with Crippen LogP contribution in [0.1, 0.15) is 0 Å². The van der Waals surface area contributed by atoms with E-state index in [2.05, 4.69) is 20.9 Å². The highest BCUT2D eigenvalue weighted by Gasteiger charge is 2.09. The molecule has 20 heavy (non-hydrogen) atoms. The van der Waals surface area contributed by atoms with Gasteiger partial charge in [-0.15, -0.1) is 0 Å². The summed E-state index contributed by atoms with van der Waals surface area (Å²) in [7, 11) is 0. The summed E-state index contributed by atoms with van der Waals surface area (Å²) in [6, 6.07) is 9.88. The normalized spacial score (nSPS) is 10.7. The molecule has 2 N–H and O–H groups in total. The van der Waals surface area contributed by atoms with E-state index in [0.29, 0.717) is 15.9 Å². The van der Waals surface area contributed by atoms with Crippen molar-refractivity contribution in [2.75, 3.05) is 5.73 Å². The van der Waals surface area contributed by atoms with Gasteiger partial charge in [-0.05, 0) is 36.4 Å². The molecule has 3 rings (SSSR count). The topological polar surface area (TPSA) is 48.1 Å². The van der Waals surface area contributed by atoms with E-state index in [1.165, 1.54) is 6.07 Å². The Labute approximate surface area is 123 Å². The van der Waals surface area contributed by atoms with Crippen LogP contribution in [0.5, 0.6) is 11.5 Å². The van der Waals surface area contributed by atoms with Crippen molar-refractivity contribution in [1.82, 2.24) is 4.98 Å². The zero-order valence-electron chi connectivity index (χ0n) is 10.3. The number of halogens is 2. The SMILES string of the molecule is Nc1ccc(Oc2ccc(Br)cc2F)c2cnccc12. The van der Waals surface area contributed by atoms with Crippen molar-refractivity contribution < 1.29 is 9.13 Å². The third-order valence-electron chi connectivity index (χ3n) is 2.93. The minimum atomic E-state index is -0.437. The lowest BCUT2D eigenvalue weighted by Gasteiger charge is -2.11. The van der Waals surface area contributed by atoms with Crippen LogP contribution in [-0.2, 0) is 0 Å². The van der Waals surface area contributed by atoms with E-state index in [1.54, 1.807) is 42.7 Å². The highest BCUT2D eigenvalue weighted by atomic mass is 79.9. The monoisotopic (exact) mass is 332 g/mol. The van der Waals surface area contributed by atoms with Crippen molar-refractivity contribution in [3.8, 4) is 11.5 Å². The average Bonchev–Trinajstić information content (AvgIpc) is 2.45. The quantitative estimate of drug-likeness (QED) is 0.702. The van der Waals surface area contributed by atoms with E-state index >= 15 is 0 Å². The maximum absolute atomic E-state index is 13.8. The molecule has 0 spiro atoms. The fourth-order valence-corrected chi connectivity index (χ4v) is 2.29. The number of anilines is 1. The van der Waals surface area contributed by atoms with Crippen molar-refractivity contribution in [3.63, 3.8) is 0 Å². The van der Waals surface area contributed by atoms with E-state index in [4.69, 9.17) is 10.5 Å². The first kappa shape index (κ1) is 12.9. The van der Waals surface area contributed by atoms with Crippen molar-refractivity contribution in [2.24, 2.45) is 0 Å². The van der Waals surface area contributed by atoms with E-state index in [1.807, 2.05) is 0 Å². The van der Waals surface area contributed by atoms with Crippen LogP contribution in [0.3, 0.4) is 0 Å². The zero-order chi connectivity index (χ0) is 14.1. The molecular weight excluding hydrogens is 323 g/mol. The van der Waals surface area contributed by atoms with Crippen LogP contribution in [0.4, 0.5) is 10.1 Å². The lowest BCUT2D eigenvalue weighted by molar-refractivity contribution is 0.446. The molecule has 0 fully saturated rings. The number of benzene rings is 2. The molecule has 0 aliphatic carbocycles. The van der Waals surface area contributed by atoms with Crippen LogP contribution >= 0.6 is 15.9 Å². The molecule has 0 atom stereocenters. The molecule has 1 heterocycles. The zero-order valence-corrected chi connectivity index (χ0v) is 11.9. The number of hydrogen-bond acceptors (Lipinski definition) is 3. The van der Waals surface area contributed by atoms with Gasteiger partial charge < -0.3 is 10.5 Å². The molecule has 0 saturated heterocycles. The van der Waals surface area contributed by atoms with Crippen LogP contribution < -0.4 is 10.5 Å². The Kier molecular flexibility index (Phi) is 3.28. The van der Waals surface area contributed by atoms with Crippen LogP contribution in [-0.4, -0.2) is 4.98 Å². The summed E-state index contributed by atoms with van der Waals surface area (Å²) >= 11 is 3.21. The van der Waals surface area contributed by atoms with Gasteiger partial charge in [0.25, 0.3) is 0 Å². The highest BCUT2D eigenvalue weighted by Crippen LogP contribution is 2.34. The molecule has 5 heteroatoms. The number of nitrogen functional groups attached to an aromatic ring is 1. The molecule has 100 valence electrons. The summed E-state index contributed by atoms with van der Waals surface area (Å²) in [6.45, 7) is 0. The van der Waals surface area contributed by atoms with Crippen molar-refractivity contribution in [1.29, 1.82) is 0 Å². The first-order chi connectivity index (χ1) is 9.65. The lowest BCUT2D eigenvalue weighted by atomic mass is 10.1. The molecule has 0 bridgehead atoms. The fourth-order valence-electron chi connectivity index (χ4n) is 1.95. The number of nitrogens with two attached hydrogens (primary N) is 1.